The Morgan fingerprint density at radius 1 is 1.09 bits per heavy atom. The third-order valence-electron chi connectivity index (χ3n) is 5.80. The molecule has 1 aliphatic carbocycles. The summed E-state index contributed by atoms with van der Waals surface area (Å²) in [6.07, 6.45) is 7.16. The molecule has 1 aliphatic rings. The zero-order valence-electron chi connectivity index (χ0n) is 19.6. The van der Waals surface area contributed by atoms with E-state index in [1.165, 1.54) is 32.1 Å². The van der Waals surface area contributed by atoms with E-state index in [0.717, 1.165) is 24.9 Å². The van der Waals surface area contributed by atoms with Crippen molar-refractivity contribution in [3.8, 4) is 5.75 Å². The fourth-order valence-corrected chi connectivity index (χ4v) is 3.96. The number of amides is 1. The summed E-state index contributed by atoms with van der Waals surface area (Å²) < 4.78 is 16.6. The summed E-state index contributed by atoms with van der Waals surface area (Å²) >= 11 is 0. The van der Waals surface area contributed by atoms with E-state index in [4.69, 9.17) is 14.2 Å². The molecule has 1 amide bonds. The van der Waals surface area contributed by atoms with E-state index in [1.807, 2.05) is 24.3 Å². The molecule has 0 aromatic heterocycles. The average molecular weight is 450 g/mol. The summed E-state index contributed by atoms with van der Waals surface area (Å²) in [7, 11) is 0. The van der Waals surface area contributed by atoms with Gasteiger partial charge < -0.3 is 24.2 Å². The number of nitrogens with zero attached hydrogens (tertiary/aromatic N) is 1. The largest absolute Gasteiger partial charge is 0.492 e. The van der Waals surface area contributed by atoms with Gasteiger partial charge >= 0.3 is 12.1 Å². The predicted octanol–water partition coefficient (Wildman–Crippen LogP) is 4.92. The van der Waals surface area contributed by atoms with Crippen LogP contribution in [0.1, 0.15) is 64.4 Å². The maximum absolute atomic E-state index is 12.6. The SMILES string of the molecule is CCCCOC(=O)N(CCOc1ccc(CC(OCC)C(=O)O)cc1)CC1CCCCC1. The Morgan fingerprint density at radius 2 is 1.81 bits per heavy atom. The lowest BCUT2D eigenvalue weighted by atomic mass is 9.89. The Bertz CT molecular complexity index is 672. The highest BCUT2D eigenvalue weighted by Gasteiger charge is 2.22. The van der Waals surface area contributed by atoms with Crippen molar-refractivity contribution in [1.29, 1.82) is 0 Å². The number of hydrogen-bond acceptors (Lipinski definition) is 5. The molecule has 1 unspecified atom stereocenters. The zero-order chi connectivity index (χ0) is 23.2. The normalized spacial score (nSPS) is 15.2. The molecule has 1 aromatic rings. The molecule has 2 rings (SSSR count). The van der Waals surface area contributed by atoms with Gasteiger partial charge in [-0.2, -0.15) is 0 Å². The van der Waals surface area contributed by atoms with Crippen LogP contribution in [0.5, 0.6) is 5.75 Å². The zero-order valence-corrected chi connectivity index (χ0v) is 19.6. The first kappa shape index (κ1) is 26.0. The van der Waals surface area contributed by atoms with Crippen LogP contribution < -0.4 is 4.74 Å². The Labute approximate surface area is 192 Å². The highest BCUT2D eigenvalue weighted by molar-refractivity contribution is 5.72. The smallest absolute Gasteiger partial charge is 0.409 e. The molecule has 0 bridgehead atoms. The third kappa shape index (κ3) is 9.47. The molecule has 32 heavy (non-hydrogen) atoms. The summed E-state index contributed by atoms with van der Waals surface area (Å²) in [5.41, 5.74) is 0.872. The standard InChI is InChI=1S/C25H39NO6/c1-3-5-16-32-25(29)26(19-21-9-7-6-8-10-21)15-17-31-22-13-11-20(12-14-22)18-23(24(27)28)30-4-2/h11-14,21,23H,3-10,15-19H2,1-2H3,(H,27,28). The van der Waals surface area contributed by atoms with Gasteiger partial charge in [-0.1, -0.05) is 44.7 Å². The van der Waals surface area contributed by atoms with Gasteiger partial charge in [-0.15, -0.1) is 0 Å². The van der Waals surface area contributed by atoms with E-state index < -0.39 is 12.1 Å². The van der Waals surface area contributed by atoms with Crippen molar-refractivity contribution >= 4 is 12.1 Å². The molecular weight excluding hydrogens is 410 g/mol. The number of hydrogen-bond donors (Lipinski definition) is 1. The van der Waals surface area contributed by atoms with Crippen LogP contribution in [0.25, 0.3) is 0 Å². The second-order valence-electron chi connectivity index (χ2n) is 8.40. The number of rotatable bonds is 14. The fraction of sp³-hybridized carbons (Fsp3) is 0.680. The predicted molar refractivity (Wildman–Crippen MR) is 123 cm³/mol. The summed E-state index contributed by atoms with van der Waals surface area (Å²) in [6.45, 7) is 6.26. The van der Waals surface area contributed by atoms with Crippen molar-refractivity contribution in [2.75, 3.05) is 32.9 Å². The highest BCUT2D eigenvalue weighted by atomic mass is 16.6. The molecule has 1 saturated carbocycles. The topological polar surface area (TPSA) is 85.3 Å². The van der Waals surface area contributed by atoms with Crippen LogP contribution in [0, 0.1) is 5.92 Å². The van der Waals surface area contributed by atoms with Crippen LogP contribution in [0.15, 0.2) is 24.3 Å². The summed E-state index contributed by atoms with van der Waals surface area (Å²) in [6, 6.07) is 7.35. The lowest BCUT2D eigenvalue weighted by molar-refractivity contribution is -0.149. The van der Waals surface area contributed by atoms with Crippen LogP contribution in [0.3, 0.4) is 0 Å². The Kier molecular flexibility index (Phi) is 11.9. The number of benzene rings is 1. The molecule has 1 fully saturated rings. The van der Waals surface area contributed by atoms with Crippen molar-refractivity contribution < 1.29 is 28.9 Å². The molecule has 0 saturated heterocycles. The molecular formula is C25H39NO6. The number of ether oxygens (including phenoxy) is 3. The second kappa shape index (κ2) is 14.7. The Morgan fingerprint density at radius 3 is 2.44 bits per heavy atom. The van der Waals surface area contributed by atoms with Crippen LogP contribution in [-0.2, 0) is 20.7 Å². The van der Waals surface area contributed by atoms with E-state index in [1.54, 1.807) is 11.8 Å². The van der Waals surface area contributed by atoms with E-state index in [-0.39, 0.29) is 6.09 Å². The van der Waals surface area contributed by atoms with Crippen LogP contribution in [0.2, 0.25) is 0 Å². The quantitative estimate of drug-likeness (QED) is 0.406. The molecule has 0 spiro atoms. The van der Waals surface area contributed by atoms with Gasteiger partial charge in [-0.3, -0.25) is 0 Å². The van der Waals surface area contributed by atoms with Crippen LogP contribution in [-0.4, -0.2) is 61.1 Å². The van der Waals surface area contributed by atoms with Gasteiger partial charge in [0.05, 0.1) is 13.2 Å². The van der Waals surface area contributed by atoms with Crippen LogP contribution >= 0.6 is 0 Å². The van der Waals surface area contributed by atoms with Gasteiger partial charge in [0, 0.05) is 19.6 Å². The monoisotopic (exact) mass is 449 g/mol. The van der Waals surface area contributed by atoms with E-state index in [9.17, 15) is 14.7 Å². The average Bonchev–Trinajstić information content (AvgIpc) is 2.80. The van der Waals surface area contributed by atoms with Gasteiger partial charge in [0.1, 0.15) is 12.4 Å². The highest BCUT2D eigenvalue weighted by Crippen LogP contribution is 2.24. The molecule has 1 aromatic carbocycles. The van der Waals surface area contributed by atoms with Gasteiger partial charge in [0.25, 0.3) is 0 Å². The fourth-order valence-electron chi connectivity index (χ4n) is 3.96. The molecule has 0 aliphatic heterocycles. The Hall–Kier alpha value is -2.28. The maximum atomic E-state index is 12.6. The number of aliphatic carboxylic acids is 1. The minimum Gasteiger partial charge on any atom is -0.492 e. The first-order valence-electron chi connectivity index (χ1n) is 12.0. The van der Waals surface area contributed by atoms with Gasteiger partial charge in [0.2, 0.25) is 0 Å². The number of carboxylic acid groups (broad SMARTS) is 1. The number of carboxylic acids is 1. The molecule has 7 nitrogen and oxygen atoms in total. The lowest BCUT2D eigenvalue weighted by Crippen LogP contribution is -2.39. The van der Waals surface area contributed by atoms with Crippen molar-refractivity contribution in [3.63, 3.8) is 0 Å². The van der Waals surface area contributed by atoms with E-state index in [2.05, 4.69) is 6.92 Å². The van der Waals surface area contributed by atoms with Crippen LogP contribution in [0.4, 0.5) is 4.79 Å². The van der Waals surface area contributed by atoms with Crippen molar-refractivity contribution in [1.82, 2.24) is 4.90 Å². The molecule has 0 radical (unpaired) electrons. The van der Waals surface area contributed by atoms with Gasteiger partial charge in [-0.05, 0) is 49.8 Å². The number of carbonyl (C=O) groups is 2. The maximum Gasteiger partial charge on any atom is 0.409 e. The van der Waals surface area contributed by atoms with Gasteiger partial charge in [-0.25, -0.2) is 9.59 Å². The first-order valence-corrected chi connectivity index (χ1v) is 12.0. The molecule has 0 heterocycles. The van der Waals surface area contributed by atoms with E-state index >= 15 is 0 Å². The summed E-state index contributed by atoms with van der Waals surface area (Å²) in [4.78, 5) is 25.6. The second-order valence-corrected chi connectivity index (χ2v) is 8.40. The molecule has 180 valence electrons. The van der Waals surface area contributed by atoms with Gasteiger partial charge in [0.15, 0.2) is 6.10 Å². The van der Waals surface area contributed by atoms with E-state index in [0.29, 0.717) is 44.5 Å². The summed E-state index contributed by atoms with van der Waals surface area (Å²) in [5, 5.41) is 9.23. The van der Waals surface area contributed by atoms with Crippen molar-refractivity contribution in [2.24, 2.45) is 5.92 Å². The summed E-state index contributed by atoms with van der Waals surface area (Å²) in [5.74, 6) is 0.263. The Balaban J connectivity index is 1.85. The molecule has 1 atom stereocenters. The van der Waals surface area contributed by atoms with Crippen molar-refractivity contribution in [2.45, 2.75) is 71.3 Å². The third-order valence-corrected chi connectivity index (χ3v) is 5.80. The number of unbranched alkanes of at least 4 members (excludes halogenated alkanes) is 1. The molecule has 1 N–H and O–H groups in total. The minimum absolute atomic E-state index is 0.251. The molecule has 7 heteroatoms. The first-order chi connectivity index (χ1) is 15.5. The minimum atomic E-state index is -0.962. The number of carbonyl (C=O) groups excluding carboxylic acids is 1. The lowest BCUT2D eigenvalue weighted by Gasteiger charge is -2.29. The van der Waals surface area contributed by atoms with Crippen molar-refractivity contribution in [3.05, 3.63) is 29.8 Å².